The van der Waals surface area contributed by atoms with E-state index >= 15 is 0 Å². The van der Waals surface area contributed by atoms with Crippen LogP contribution >= 0.6 is 11.3 Å². The summed E-state index contributed by atoms with van der Waals surface area (Å²) in [5.41, 5.74) is 1.15. The van der Waals surface area contributed by atoms with Gasteiger partial charge in [0.1, 0.15) is 0 Å². The zero-order valence-electron chi connectivity index (χ0n) is 16.9. The van der Waals surface area contributed by atoms with Crippen LogP contribution in [0.25, 0.3) is 10.2 Å². The fourth-order valence-electron chi connectivity index (χ4n) is 3.62. The van der Waals surface area contributed by atoms with E-state index in [9.17, 15) is 14.4 Å². The number of anilines is 1. The number of rotatable bonds is 6. The lowest BCUT2D eigenvalue weighted by atomic mass is 9.99. The van der Waals surface area contributed by atoms with Gasteiger partial charge in [-0.2, -0.15) is 0 Å². The molecule has 30 heavy (non-hydrogen) atoms. The molecule has 0 unspecified atom stereocenters. The topological polar surface area (TPSA) is 100 Å². The van der Waals surface area contributed by atoms with Gasteiger partial charge in [-0.15, -0.1) is 0 Å². The highest BCUT2D eigenvalue weighted by Crippen LogP contribution is 2.28. The molecule has 1 aliphatic heterocycles. The molecule has 0 atom stereocenters. The molecule has 1 aliphatic rings. The van der Waals surface area contributed by atoms with Gasteiger partial charge in [-0.05, 0) is 49.5 Å². The van der Waals surface area contributed by atoms with Gasteiger partial charge in [0.2, 0.25) is 5.91 Å². The summed E-state index contributed by atoms with van der Waals surface area (Å²) in [5.74, 6) is 0.592. The molecule has 1 amide bonds. The molecule has 0 spiro atoms. The number of aryl methyl sites for hydroxylation is 1. The van der Waals surface area contributed by atoms with Gasteiger partial charge in [-0.1, -0.05) is 24.3 Å². The molecule has 1 fully saturated rings. The number of nitrogens with zero attached hydrogens (tertiary/aromatic N) is 3. The van der Waals surface area contributed by atoms with Gasteiger partial charge in [-0.3, -0.25) is 19.5 Å². The van der Waals surface area contributed by atoms with Crippen LogP contribution in [-0.4, -0.2) is 38.4 Å². The van der Waals surface area contributed by atoms with E-state index < -0.39 is 11.2 Å². The number of H-pyrrole nitrogens is 1. The molecular weight excluding hydrogens is 402 g/mol. The number of fused-ring (bicyclic) bond motifs is 1. The molecular formula is C21H25N5O3S. The summed E-state index contributed by atoms with van der Waals surface area (Å²) in [6.07, 6.45) is 4.01. The molecule has 0 aliphatic carbocycles. The minimum absolute atomic E-state index is 0.112. The van der Waals surface area contributed by atoms with Gasteiger partial charge in [-0.25, -0.2) is 9.78 Å². The van der Waals surface area contributed by atoms with E-state index in [0.717, 1.165) is 35.8 Å². The molecule has 8 nitrogen and oxygen atoms in total. The predicted octanol–water partition coefficient (Wildman–Crippen LogP) is 2.41. The summed E-state index contributed by atoms with van der Waals surface area (Å²) >= 11 is 1.45. The maximum Gasteiger partial charge on any atom is 0.328 e. The fourth-order valence-corrected chi connectivity index (χ4v) is 4.57. The van der Waals surface area contributed by atoms with E-state index in [1.807, 2.05) is 6.07 Å². The van der Waals surface area contributed by atoms with Crippen molar-refractivity contribution in [2.24, 2.45) is 5.92 Å². The van der Waals surface area contributed by atoms with Crippen LogP contribution < -0.4 is 16.6 Å². The number of nitrogens with one attached hydrogen (secondary N) is 2. The van der Waals surface area contributed by atoms with Crippen molar-refractivity contribution in [2.75, 3.05) is 18.4 Å². The number of aromatic amines is 1. The molecule has 4 rings (SSSR count). The molecule has 9 heteroatoms. The summed E-state index contributed by atoms with van der Waals surface area (Å²) in [7, 11) is 0. The summed E-state index contributed by atoms with van der Waals surface area (Å²) in [5, 5.41) is 3.36. The molecule has 2 aromatic heterocycles. The van der Waals surface area contributed by atoms with Gasteiger partial charge in [0.05, 0.1) is 10.2 Å². The third-order valence-electron chi connectivity index (χ3n) is 5.46. The number of hydrogen-bond acceptors (Lipinski definition) is 6. The molecule has 3 heterocycles. The number of likely N-dealkylation sites (tertiary alicyclic amines) is 1. The Morgan fingerprint density at radius 1 is 1.27 bits per heavy atom. The van der Waals surface area contributed by atoms with Gasteiger partial charge in [0, 0.05) is 31.8 Å². The van der Waals surface area contributed by atoms with Crippen LogP contribution in [0.3, 0.4) is 0 Å². The smallest absolute Gasteiger partial charge is 0.302 e. The second-order valence-electron chi connectivity index (χ2n) is 7.88. The number of piperidine rings is 1. The first-order valence-electron chi connectivity index (χ1n) is 10.2. The normalized spacial score (nSPS) is 15.5. The van der Waals surface area contributed by atoms with Crippen molar-refractivity contribution < 1.29 is 4.79 Å². The average Bonchev–Trinajstić information content (AvgIpc) is 3.10. The van der Waals surface area contributed by atoms with Crippen molar-refractivity contribution in [3.8, 4) is 0 Å². The van der Waals surface area contributed by atoms with Crippen molar-refractivity contribution in [2.45, 2.75) is 39.3 Å². The van der Waals surface area contributed by atoms with E-state index in [1.54, 1.807) is 0 Å². The second-order valence-corrected chi connectivity index (χ2v) is 8.91. The second kappa shape index (κ2) is 8.93. The first kappa shape index (κ1) is 20.5. The van der Waals surface area contributed by atoms with Gasteiger partial charge < -0.3 is 9.88 Å². The van der Waals surface area contributed by atoms with Gasteiger partial charge in [0.15, 0.2) is 5.13 Å². The molecule has 1 aromatic carbocycles. The van der Waals surface area contributed by atoms with Gasteiger partial charge in [0.25, 0.3) is 5.56 Å². The summed E-state index contributed by atoms with van der Waals surface area (Å²) in [4.78, 5) is 44.2. The lowest BCUT2D eigenvalue weighted by molar-refractivity contribution is -0.116. The summed E-state index contributed by atoms with van der Waals surface area (Å²) in [6, 6.07) is 7.52. The lowest BCUT2D eigenvalue weighted by Crippen LogP contribution is -2.32. The minimum Gasteiger partial charge on any atom is -0.302 e. The first-order chi connectivity index (χ1) is 14.5. The maximum atomic E-state index is 12.3. The average molecular weight is 428 g/mol. The highest BCUT2D eigenvalue weighted by Gasteiger charge is 2.16. The number of benzene rings is 1. The number of aromatic nitrogens is 3. The van der Waals surface area contributed by atoms with E-state index in [1.165, 1.54) is 46.6 Å². The third-order valence-corrected chi connectivity index (χ3v) is 6.39. The van der Waals surface area contributed by atoms with Crippen LogP contribution in [0.15, 0.2) is 40.1 Å². The Kier molecular flexibility index (Phi) is 6.10. The zero-order chi connectivity index (χ0) is 21.1. The number of carbonyl (C=O) groups is 1. The molecule has 0 radical (unpaired) electrons. The highest BCUT2D eigenvalue weighted by atomic mass is 32.1. The summed E-state index contributed by atoms with van der Waals surface area (Å²) in [6.45, 7) is 5.72. The summed E-state index contributed by atoms with van der Waals surface area (Å²) < 4.78 is 2.34. The molecule has 2 N–H and O–H groups in total. The van der Waals surface area contributed by atoms with Crippen LogP contribution in [0.4, 0.5) is 5.13 Å². The van der Waals surface area contributed by atoms with Crippen LogP contribution in [-0.2, 0) is 17.9 Å². The Balaban J connectivity index is 1.36. The Morgan fingerprint density at radius 3 is 2.83 bits per heavy atom. The number of carbonyl (C=O) groups excluding carboxylic acids is 1. The molecule has 1 saturated heterocycles. The SMILES string of the molecule is CC1CCN(Cc2ccc3nc(NC(=O)CCn4ccc(=O)[nH]c4=O)sc3c2)CC1. The highest BCUT2D eigenvalue weighted by molar-refractivity contribution is 7.22. The van der Waals surface area contributed by atoms with Crippen LogP contribution in [0, 0.1) is 5.92 Å². The predicted molar refractivity (Wildman–Crippen MR) is 118 cm³/mol. The van der Waals surface area contributed by atoms with E-state index in [4.69, 9.17) is 0 Å². The van der Waals surface area contributed by atoms with Crippen molar-refractivity contribution in [1.82, 2.24) is 19.4 Å². The molecule has 3 aromatic rings. The van der Waals surface area contributed by atoms with E-state index in [-0.39, 0.29) is 18.9 Å². The molecule has 0 saturated carbocycles. The lowest BCUT2D eigenvalue weighted by Gasteiger charge is -2.30. The van der Waals surface area contributed by atoms with E-state index in [2.05, 4.69) is 39.2 Å². The quantitative estimate of drug-likeness (QED) is 0.629. The Labute approximate surface area is 177 Å². The Hall–Kier alpha value is -2.78. The number of amides is 1. The van der Waals surface area contributed by atoms with Crippen molar-refractivity contribution in [3.05, 3.63) is 56.9 Å². The third kappa shape index (κ3) is 5.03. The van der Waals surface area contributed by atoms with Gasteiger partial charge >= 0.3 is 5.69 Å². The first-order valence-corrected chi connectivity index (χ1v) is 11.0. The molecule has 0 bridgehead atoms. The maximum absolute atomic E-state index is 12.3. The number of hydrogen-bond donors (Lipinski definition) is 2. The van der Waals surface area contributed by atoms with Crippen molar-refractivity contribution in [3.63, 3.8) is 0 Å². The van der Waals surface area contributed by atoms with Crippen LogP contribution in [0.5, 0.6) is 0 Å². The fraction of sp³-hybridized carbons (Fsp3) is 0.429. The Morgan fingerprint density at radius 2 is 2.07 bits per heavy atom. The Bertz CT molecular complexity index is 1160. The van der Waals surface area contributed by atoms with E-state index in [0.29, 0.717) is 5.13 Å². The largest absolute Gasteiger partial charge is 0.328 e. The monoisotopic (exact) mass is 427 g/mol. The van der Waals surface area contributed by atoms with Crippen molar-refractivity contribution in [1.29, 1.82) is 0 Å². The molecule has 158 valence electrons. The minimum atomic E-state index is -0.522. The standard InChI is InChI=1S/C21H25N5O3S/c1-14-4-8-25(9-5-14)13-15-2-3-16-17(12-15)30-20(22-16)23-18(27)6-10-26-11-7-19(28)24-21(26)29/h2-3,7,11-12,14H,4-6,8-10,13H2,1H3,(H,22,23,27)(H,24,28,29). The van der Waals surface area contributed by atoms with Crippen molar-refractivity contribution >= 4 is 32.6 Å². The zero-order valence-corrected chi connectivity index (χ0v) is 17.7. The van der Waals surface area contributed by atoms with Crippen LogP contribution in [0.1, 0.15) is 31.7 Å². The van der Waals surface area contributed by atoms with Crippen LogP contribution in [0.2, 0.25) is 0 Å². The number of thiazole rings is 1.